The lowest BCUT2D eigenvalue weighted by molar-refractivity contribution is 0.0599. The molecule has 0 bridgehead atoms. The van der Waals surface area contributed by atoms with Crippen LogP contribution in [0.15, 0.2) is 12.3 Å². The maximum atomic E-state index is 11.1. The molecule has 0 atom stereocenters. The van der Waals surface area contributed by atoms with Crippen LogP contribution in [-0.2, 0) is 4.74 Å². The van der Waals surface area contributed by atoms with E-state index in [9.17, 15) is 4.79 Å². The quantitative estimate of drug-likeness (QED) is 0.704. The summed E-state index contributed by atoms with van der Waals surface area (Å²) in [6, 6.07) is 1.69. The van der Waals surface area contributed by atoms with Crippen LogP contribution in [0.4, 0.5) is 0 Å². The van der Waals surface area contributed by atoms with Crippen LogP contribution in [-0.4, -0.2) is 25.2 Å². The molecule has 0 radical (unpaired) electrons. The van der Waals surface area contributed by atoms with Crippen molar-refractivity contribution in [3.8, 4) is 5.88 Å². The number of ether oxygens (including phenoxy) is 2. The molecule has 0 amide bonds. The summed E-state index contributed by atoms with van der Waals surface area (Å²) in [7, 11) is 2.87. The molecule has 4 heteroatoms. The molecule has 84 valence electrons. The minimum absolute atomic E-state index is 0.382. The number of carbonyl (C=O) groups is 1. The number of carbonyl (C=O) groups excluding carboxylic acids is 1. The third-order valence-electron chi connectivity index (χ3n) is 1.70. The van der Waals surface area contributed by atoms with Gasteiger partial charge in [0, 0.05) is 12.3 Å². The van der Waals surface area contributed by atoms with Gasteiger partial charge in [-0.25, -0.2) is 9.78 Å². The summed E-state index contributed by atoms with van der Waals surface area (Å²) >= 11 is 0. The topological polar surface area (TPSA) is 48.4 Å². The molecule has 0 fully saturated rings. The van der Waals surface area contributed by atoms with Crippen molar-refractivity contribution in [2.24, 2.45) is 0 Å². The van der Waals surface area contributed by atoms with Crippen molar-refractivity contribution in [1.82, 2.24) is 4.98 Å². The largest absolute Gasteiger partial charge is 0.481 e. The van der Waals surface area contributed by atoms with E-state index in [1.165, 1.54) is 20.4 Å². The molecule has 0 spiro atoms. The highest BCUT2D eigenvalue weighted by molar-refractivity contribution is 5.90. The molecule has 0 N–H and O–H groups in total. The molecular weight excluding hydrogens is 194 g/mol. The van der Waals surface area contributed by atoms with Crippen molar-refractivity contribution < 1.29 is 14.3 Å². The van der Waals surface area contributed by atoms with Crippen LogP contribution < -0.4 is 4.74 Å². The van der Waals surface area contributed by atoms with Crippen LogP contribution in [0.1, 0.15) is 29.8 Å². The van der Waals surface area contributed by atoms with Crippen LogP contribution in [0, 0.1) is 6.92 Å². The maximum Gasteiger partial charge on any atom is 0.339 e. The molecule has 4 nitrogen and oxygen atoms in total. The standard InChI is InChI=1S/C9H11NO3.C2H6/c1-6-4-8(12-2)10-5-7(6)9(11)13-3;1-2/h4-5H,1-3H3;1-2H3. The average molecular weight is 211 g/mol. The second-order valence-electron chi connectivity index (χ2n) is 2.53. The normalized spacial score (nSPS) is 8.60. The zero-order valence-corrected chi connectivity index (χ0v) is 9.83. The van der Waals surface area contributed by atoms with Crippen molar-refractivity contribution in [2.45, 2.75) is 20.8 Å². The molecule has 1 aromatic heterocycles. The highest BCUT2D eigenvalue weighted by Crippen LogP contribution is 2.13. The number of methoxy groups -OCH3 is 2. The van der Waals surface area contributed by atoms with Gasteiger partial charge in [0.2, 0.25) is 5.88 Å². The fourth-order valence-electron chi connectivity index (χ4n) is 0.965. The summed E-state index contributed by atoms with van der Waals surface area (Å²) in [5.74, 6) is 0.109. The molecule has 0 saturated heterocycles. The molecular formula is C11H17NO3. The number of aryl methyl sites for hydroxylation is 1. The number of aromatic nitrogens is 1. The number of hydrogen-bond acceptors (Lipinski definition) is 4. The Morgan fingerprint density at radius 2 is 1.93 bits per heavy atom. The van der Waals surface area contributed by atoms with E-state index in [0.29, 0.717) is 11.4 Å². The van der Waals surface area contributed by atoms with Crippen molar-refractivity contribution >= 4 is 5.97 Å². The summed E-state index contributed by atoms with van der Waals surface area (Å²) in [5.41, 5.74) is 1.25. The van der Waals surface area contributed by atoms with Gasteiger partial charge in [0.15, 0.2) is 0 Å². The summed E-state index contributed by atoms with van der Waals surface area (Å²) in [4.78, 5) is 15.0. The molecule has 0 aliphatic heterocycles. The smallest absolute Gasteiger partial charge is 0.339 e. The first-order chi connectivity index (χ1) is 7.19. The first-order valence-corrected chi connectivity index (χ1v) is 4.78. The van der Waals surface area contributed by atoms with Gasteiger partial charge in [-0.3, -0.25) is 0 Å². The lowest BCUT2D eigenvalue weighted by atomic mass is 10.1. The van der Waals surface area contributed by atoms with E-state index < -0.39 is 0 Å². The molecule has 15 heavy (non-hydrogen) atoms. The first kappa shape index (κ1) is 13.4. The Bertz CT molecular complexity index is 324. The number of pyridine rings is 1. The average Bonchev–Trinajstić information content (AvgIpc) is 2.30. The Labute approximate surface area is 90.2 Å². The van der Waals surface area contributed by atoms with Crippen LogP contribution >= 0.6 is 0 Å². The van der Waals surface area contributed by atoms with Gasteiger partial charge in [0.05, 0.1) is 19.8 Å². The second-order valence-corrected chi connectivity index (χ2v) is 2.53. The summed E-state index contributed by atoms with van der Waals surface area (Å²) < 4.78 is 9.47. The SMILES string of the molecule is CC.COC(=O)c1cnc(OC)cc1C. The molecule has 0 aromatic carbocycles. The number of hydrogen-bond donors (Lipinski definition) is 0. The van der Waals surface area contributed by atoms with Crippen LogP contribution in [0.2, 0.25) is 0 Å². The lowest BCUT2D eigenvalue weighted by Crippen LogP contribution is -2.04. The molecule has 0 unspecified atom stereocenters. The third-order valence-corrected chi connectivity index (χ3v) is 1.70. The highest BCUT2D eigenvalue weighted by Gasteiger charge is 2.09. The number of nitrogens with zero attached hydrogens (tertiary/aromatic N) is 1. The highest BCUT2D eigenvalue weighted by atomic mass is 16.5. The van der Waals surface area contributed by atoms with Gasteiger partial charge in [-0.15, -0.1) is 0 Å². The Kier molecular flexibility index (Phi) is 6.09. The van der Waals surface area contributed by atoms with Gasteiger partial charge in [-0.05, 0) is 12.5 Å². The van der Waals surface area contributed by atoms with E-state index in [4.69, 9.17) is 4.74 Å². The van der Waals surface area contributed by atoms with E-state index in [0.717, 1.165) is 5.56 Å². The van der Waals surface area contributed by atoms with Crippen LogP contribution in [0.5, 0.6) is 5.88 Å². The van der Waals surface area contributed by atoms with Crippen molar-refractivity contribution in [2.75, 3.05) is 14.2 Å². The lowest BCUT2D eigenvalue weighted by Gasteiger charge is -2.04. The number of esters is 1. The predicted molar refractivity (Wildman–Crippen MR) is 58.2 cm³/mol. The molecule has 1 rings (SSSR count). The summed E-state index contributed by atoms with van der Waals surface area (Å²) in [6.07, 6.45) is 1.44. The van der Waals surface area contributed by atoms with Crippen LogP contribution in [0.3, 0.4) is 0 Å². The van der Waals surface area contributed by atoms with Gasteiger partial charge in [-0.1, -0.05) is 13.8 Å². The minimum atomic E-state index is -0.382. The van der Waals surface area contributed by atoms with Crippen molar-refractivity contribution in [3.05, 3.63) is 23.4 Å². The Morgan fingerprint density at radius 3 is 2.33 bits per heavy atom. The monoisotopic (exact) mass is 211 g/mol. The van der Waals surface area contributed by atoms with Gasteiger partial charge in [0.25, 0.3) is 0 Å². The van der Waals surface area contributed by atoms with Crippen molar-refractivity contribution in [3.63, 3.8) is 0 Å². The zero-order valence-electron chi connectivity index (χ0n) is 9.83. The minimum Gasteiger partial charge on any atom is -0.481 e. The summed E-state index contributed by atoms with van der Waals surface area (Å²) in [6.45, 7) is 5.80. The Balaban J connectivity index is 0.000000921. The third kappa shape index (κ3) is 3.58. The molecule has 0 aliphatic carbocycles. The van der Waals surface area contributed by atoms with Crippen molar-refractivity contribution in [1.29, 1.82) is 0 Å². The molecule has 0 aliphatic rings. The second kappa shape index (κ2) is 6.81. The van der Waals surface area contributed by atoms with Gasteiger partial charge >= 0.3 is 5.97 Å². The van der Waals surface area contributed by atoms with Crippen LogP contribution in [0.25, 0.3) is 0 Å². The molecule has 0 saturated carbocycles. The maximum absolute atomic E-state index is 11.1. The Morgan fingerprint density at radius 1 is 1.33 bits per heavy atom. The van der Waals surface area contributed by atoms with E-state index >= 15 is 0 Å². The van der Waals surface area contributed by atoms with Gasteiger partial charge < -0.3 is 9.47 Å². The molecule has 1 aromatic rings. The number of rotatable bonds is 2. The van der Waals surface area contributed by atoms with E-state index in [1.54, 1.807) is 13.0 Å². The van der Waals surface area contributed by atoms with E-state index in [-0.39, 0.29) is 5.97 Å². The molecule has 1 heterocycles. The predicted octanol–water partition coefficient (Wildman–Crippen LogP) is 2.21. The van der Waals surface area contributed by atoms with E-state index in [2.05, 4.69) is 9.72 Å². The first-order valence-electron chi connectivity index (χ1n) is 4.78. The Hall–Kier alpha value is -1.58. The van der Waals surface area contributed by atoms with Gasteiger partial charge in [0.1, 0.15) is 0 Å². The fourth-order valence-corrected chi connectivity index (χ4v) is 0.965. The van der Waals surface area contributed by atoms with Gasteiger partial charge in [-0.2, -0.15) is 0 Å². The summed E-state index contributed by atoms with van der Waals surface area (Å²) in [5, 5.41) is 0. The van der Waals surface area contributed by atoms with E-state index in [1.807, 2.05) is 13.8 Å². The fraction of sp³-hybridized carbons (Fsp3) is 0.455. The zero-order chi connectivity index (χ0) is 11.8.